The van der Waals surface area contributed by atoms with Crippen LogP contribution in [0.1, 0.15) is 27.7 Å². The molecule has 3 unspecified atom stereocenters. The Morgan fingerprint density at radius 1 is 1.47 bits per heavy atom. The number of carbonyl (C=O) groups is 1. The molecular weight excluding hydrogens is 222 g/mol. The summed E-state index contributed by atoms with van der Waals surface area (Å²) in [5, 5.41) is 3.17. The van der Waals surface area contributed by atoms with Gasteiger partial charge in [-0.15, -0.1) is 0 Å². The first-order valence-electron chi connectivity index (χ1n) is 5.68. The van der Waals surface area contributed by atoms with Crippen molar-refractivity contribution < 1.29 is 14.3 Å². The average molecular weight is 241 g/mol. The molecule has 0 N–H and O–H groups in total. The first-order chi connectivity index (χ1) is 7.88. The number of azide groups is 1. The van der Waals surface area contributed by atoms with E-state index in [-0.39, 0.29) is 24.0 Å². The van der Waals surface area contributed by atoms with Gasteiger partial charge < -0.3 is 9.47 Å². The molecule has 17 heavy (non-hydrogen) atoms. The van der Waals surface area contributed by atoms with Crippen molar-refractivity contribution in [1.82, 2.24) is 0 Å². The molecule has 6 heteroatoms. The summed E-state index contributed by atoms with van der Waals surface area (Å²) in [5.74, 6) is -0.653. The highest BCUT2D eigenvalue weighted by Crippen LogP contribution is 2.52. The molecule has 6 nitrogen and oxygen atoms in total. The molecule has 0 bridgehead atoms. The minimum atomic E-state index is -0.416. The normalized spacial score (nSPS) is 37.8. The van der Waals surface area contributed by atoms with Crippen molar-refractivity contribution in [2.45, 2.75) is 39.6 Å². The maximum absolute atomic E-state index is 11.6. The van der Waals surface area contributed by atoms with E-state index in [0.717, 1.165) is 0 Å². The van der Waals surface area contributed by atoms with Crippen molar-refractivity contribution in [3.63, 3.8) is 0 Å². The smallest absolute Gasteiger partial charge is 0.222 e. The summed E-state index contributed by atoms with van der Waals surface area (Å²) in [6, 6.07) is 0. The van der Waals surface area contributed by atoms with Gasteiger partial charge in [-0.2, -0.15) is 0 Å². The van der Waals surface area contributed by atoms with Gasteiger partial charge in [0, 0.05) is 17.9 Å². The molecular formula is C11H19N3O3. The van der Waals surface area contributed by atoms with Crippen LogP contribution < -0.4 is 0 Å². The Morgan fingerprint density at radius 3 is 2.41 bits per heavy atom. The summed E-state index contributed by atoms with van der Waals surface area (Å²) >= 11 is 0. The molecule has 1 aliphatic carbocycles. The Labute approximate surface area is 101 Å². The second-order valence-electron chi connectivity index (χ2n) is 4.74. The molecule has 0 radical (unpaired) electrons. The van der Waals surface area contributed by atoms with Crippen molar-refractivity contribution in [2.24, 2.45) is 22.9 Å². The van der Waals surface area contributed by atoms with E-state index in [9.17, 15) is 4.79 Å². The van der Waals surface area contributed by atoms with Crippen LogP contribution in [-0.4, -0.2) is 24.9 Å². The second-order valence-corrected chi connectivity index (χ2v) is 4.74. The van der Waals surface area contributed by atoms with Crippen molar-refractivity contribution in [1.29, 1.82) is 0 Å². The third-order valence-corrected chi connectivity index (χ3v) is 4.07. The van der Waals surface area contributed by atoms with Crippen LogP contribution in [0.5, 0.6) is 0 Å². The van der Waals surface area contributed by atoms with E-state index in [2.05, 4.69) is 10.0 Å². The van der Waals surface area contributed by atoms with Gasteiger partial charge in [0.05, 0.1) is 5.60 Å². The summed E-state index contributed by atoms with van der Waals surface area (Å²) in [7, 11) is 1.57. The van der Waals surface area contributed by atoms with E-state index in [0.29, 0.717) is 0 Å². The molecule has 1 fully saturated rings. The van der Waals surface area contributed by atoms with E-state index in [1.807, 2.05) is 27.7 Å². The molecule has 1 amide bonds. The van der Waals surface area contributed by atoms with Gasteiger partial charge in [-0.25, -0.2) is 0 Å². The van der Waals surface area contributed by atoms with Crippen LogP contribution in [0.25, 0.3) is 10.4 Å². The summed E-state index contributed by atoms with van der Waals surface area (Å²) < 4.78 is 10.9. The fourth-order valence-electron chi connectivity index (χ4n) is 2.60. The largest absolute Gasteiger partial charge is 0.356 e. The van der Waals surface area contributed by atoms with Crippen LogP contribution in [0.15, 0.2) is 5.11 Å². The number of carbonyl (C=O) groups excluding carboxylic acids is 1. The highest BCUT2D eigenvalue weighted by Gasteiger charge is 2.58. The van der Waals surface area contributed by atoms with Crippen LogP contribution in [0.4, 0.5) is 0 Å². The quantitative estimate of drug-likeness (QED) is 0.328. The molecule has 96 valence electrons. The van der Waals surface area contributed by atoms with Crippen molar-refractivity contribution in [3.8, 4) is 0 Å². The average Bonchev–Trinajstić information content (AvgIpc) is 2.29. The van der Waals surface area contributed by atoms with E-state index >= 15 is 0 Å². The topological polar surface area (TPSA) is 84.3 Å². The third-order valence-electron chi connectivity index (χ3n) is 4.07. The predicted octanol–water partition coefficient (Wildman–Crippen LogP) is 2.49. The summed E-state index contributed by atoms with van der Waals surface area (Å²) in [5.41, 5.74) is 7.86. The van der Waals surface area contributed by atoms with Crippen LogP contribution in [0.3, 0.4) is 0 Å². The highest BCUT2D eigenvalue weighted by molar-refractivity contribution is 5.81. The monoisotopic (exact) mass is 241 g/mol. The number of hydrogen-bond donors (Lipinski definition) is 0. The number of amides is 1. The zero-order valence-corrected chi connectivity index (χ0v) is 10.9. The number of ether oxygens (including phenoxy) is 2. The number of rotatable bonds is 4. The van der Waals surface area contributed by atoms with Crippen LogP contribution in [0, 0.1) is 17.8 Å². The Morgan fingerprint density at radius 2 is 2.00 bits per heavy atom. The van der Waals surface area contributed by atoms with Gasteiger partial charge in [0.25, 0.3) is 0 Å². The van der Waals surface area contributed by atoms with Gasteiger partial charge in [-0.3, -0.25) is 4.79 Å². The molecule has 1 saturated carbocycles. The second kappa shape index (κ2) is 5.04. The summed E-state index contributed by atoms with van der Waals surface area (Å²) in [6.07, 6.45) is -0.319. The van der Waals surface area contributed by atoms with Gasteiger partial charge in [-0.05, 0) is 36.3 Å². The molecule has 3 atom stereocenters. The molecule has 1 rings (SSSR count). The fraction of sp³-hybridized carbons (Fsp3) is 0.909. The van der Waals surface area contributed by atoms with Gasteiger partial charge >= 0.3 is 0 Å². The molecule has 0 aromatic heterocycles. The Hall–Kier alpha value is -1.10. The van der Waals surface area contributed by atoms with Crippen molar-refractivity contribution >= 4 is 5.91 Å². The van der Waals surface area contributed by atoms with Crippen molar-refractivity contribution in [3.05, 3.63) is 10.4 Å². The minimum absolute atomic E-state index is 0.00750. The van der Waals surface area contributed by atoms with Crippen LogP contribution in [0.2, 0.25) is 0 Å². The Kier molecular flexibility index (Phi) is 4.14. The first kappa shape index (κ1) is 14.0. The zero-order chi connectivity index (χ0) is 13.2. The predicted molar refractivity (Wildman–Crippen MR) is 61.9 cm³/mol. The summed E-state index contributed by atoms with van der Waals surface area (Å²) in [4.78, 5) is 14.1. The standard InChI is InChI=1S/C11H19N3O3/c1-6-9(10(15)13-14-12)7(2)11(6,4)17-8(3)16-5/h6-9H,1-5H3. The number of methoxy groups -OCH3 is 1. The fourth-order valence-corrected chi connectivity index (χ4v) is 2.60. The molecule has 0 spiro atoms. The van der Waals surface area contributed by atoms with E-state index < -0.39 is 11.5 Å². The highest BCUT2D eigenvalue weighted by atomic mass is 16.7. The minimum Gasteiger partial charge on any atom is -0.356 e. The van der Waals surface area contributed by atoms with Gasteiger partial charge in [0.2, 0.25) is 5.91 Å². The lowest BCUT2D eigenvalue weighted by Gasteiger charge is -2.56. The maximum atomic E-state index is 11.6. The molecule has 0 heterocycles. The van der Waals surface area contributed by atoms with E-state index in [1.54, 1.807) is 7.11 Å². The third kappa shape index (κ3) is 2.29. The molecule has 0 saturated heterocycles. The Balaban J connectivity index is 2.76. The SMILES string of the molecule is COC(C)OC1(C)C(C)C(C(=O)N=[N+]=[N-])C1C. The lowest BCUT2D eigenvalue weighted by Crippen LogP contribution is -2.63. The van der Waals surface area contributed by atoms with E-state index in [1.165, 1.54) is 0 Å². The maximum Gasteiger partial charge on any atom is 0.222 e. The van der Waals surface area contributed by atoms with Crippen LogP contribution >= 0.6 is 0 Å². The zero-order valence-electron chi connectivity index (χ0n) is 10.9. The molecule has 0 aliphatic heterocycles. The number of nitrogens with zero attached hydrogens (tertiary/aromatic N) is 3. The molecule has 0 aromatic rings. The van der Waals surface area contributed by atoms with Gasteiger partial charge in [0.1, 0.15) is 0 Å². The molecule has 1 aliphatic rings. The molecule has 0 aromatic carbocycles. The summed E-state index contributed by atoms with van der Waals surface area (Å²) in [6.45, 7) is 7.63. The lowest BCUT2D eigenvalue weighted by molar-refractivity contribution is -0.272. The van der Waals surface area contributed by atoms with Crippen LogP contribution in [-0.2, 0) is 14.3 Å². The first-order valence-corrected chi connectivity index (χ1v) is 5.68. The number of hydrogen-bond acceptors (Lipinski definition) is 3. The van der Waals surface area contributed by atoms with Gasteiger partial charge in [0.15, 0.2) is 6.29 Å². The van der Waals surface area contributed by atoms with Gasteiger partial charge in [-0.1, -0.05) is 13.8 Å². The van der Waals surface area contributed by atoms with Crippen molar-refractivity contribution in [2.75, 3.05) is 7.11 Å². The Bertz CT molecular complexity index is 342. The van der Waals surface area contributed by atoms with E-state index in [4.69, 9.17) is 15.0 Å². The lowest BCUT2D eigenvalue weighted by atomic mass is 9.55.